The molecule has 1 atom stereocenters. The van der Waals surface area contributed by atoms with Crippen molar-refractivity contribution in [3.8, 4) is 0 Å². The van der Waals surface area contributed by atoms with Crippen LogP contribution < -0.4 is 5.32 Å². The normalized spacial score (nSPS) is 12.7. The summed E-state index contributed by atoms with van der Waals surface area (Å²) in [6.45, 7) is 9.09. The van der Waals surface area contributed by atoms with E-state index < -0.39 is 0 Å². The van der Waals surface area contributed by atoms with Gasteiger partial charge < -0.3 is 10.1 Å². The average molecular weight is 325 g/mol. The number of methoxy groups -OCH3 is 1. The minimum atomic E-state index is -0.0691. The van der Waals surface area contributed by atoms with E-state index in [-0.39, 0.29) is 17.4 Å². The monoisotopic (exact) mass is 325 g/mol. The highest BCUT2D eigenvalue weighted by Gasteiger charge is 2.15. The molecule has 1 amide bonds. The molecule has 0 aliphatic rings. The topological polar surface area (TPSA) is 38.3 Å². The molecule has 2 aromatic carbocycles. The van der Waals surface area contributed by atoms with Crippen LogP contribution in [0.25, 0.3) is 0 Å². The van der Waals surface area contributed by atoms with E-state index in [0.29, 0.717) is 12.2 Å². The number of amides is 1. The van der Waals surface area contributed by atoms with Gasteiger partial charge in [-0.2, -0.15) is 0 Å². The van der Waals surface area contributed by atoms with E-state index in [1.807, 2.05) is 31.2 Å². The van der Waals surface area contributed by atoms with Crippen molar-refractivity contribution in [2.45, 2.75) is 45.8 Å². The lowest BCUT2D eigenvalue weighted by Crippen LogP contribution is -2.26. The molecule has 0 spiro atoms. The quantitative estimate of drug-likeness (QED) is 0.871. The van der Waals surface area contributed by atoms with Crippen LogP contribution in [0.15, 0.2) is 48.5 Å². The zero-order valence-corrected chi connectivity index (χ0v) is 15.2. The van der Waals surface area contributed by atoms with Gasteiger partial charge in [0.05, 0.1) is 12.6 Å². The highest BCUT2D eigenvalue weighted by atomic mass is 16.5. The second-order valence-corrected chi connectivity index (χ2v) is 7.20. The molecule has 1 N–H and O–H groups in total. The number of carbonyl (C=O) groups excluding carboxylic acids is 1. The maximum absolute atomic E-state index is 12.5. The summed E-state index contributed by atoms with van der Waals surface area (Å²) in [6.07, 6.45) is 0. The van der Waals surface area contributed by atoms with Crippen LogP contribution in [0.2, 0.25) is 0 Å². The van der Waals surface area contributed by atoms with Gasteiger partial charge in [0.25, 0.3) is 5.91 Å². The van der Waals surface area contributed by atoms with E-state index in [1.54, 1.807) is 7.11 Å². The van der Waals surface area contributed by atoms with Crippen LogP contribution >= 0.6 is 0 Å². The lowest BCUT2D eigenvalue weighted by Gasteiger charge is -2.21. The third-order valence-corrected chi connectivity index (χ3v) is 4.12. The highest BCUT2D eigenvalue weighted by Crippen LogP contribution is 2.24. The first-order valence-corrected chi connectivity index (χ1v) is 8.30. The summed E-state index contributed by atoms with van der Waals surface area (Å²) < 4.78 is 5.12. The van der Waals surface area contributed by atoms with Crippen LogP contribution in [0.4, 0.5) is 0 Å². The molecule has 0 aromatic heterocycles. The molecule has 0 aliphatic heterocycles. The van der Waals surface area contributed by atoms with Gasteiger partial charge in [0, 0.05) is 12.7 Å². The zero-order valence-electron chi connectivity index (χ0n) is 15.2. The van der Waals surface area contributed by atoms with Gasteiger partial charge >= 0.3 is 0 Å². The summed E-state index contributed by atoms with van der Waals surface area (Å²) in [4.78, 5) is 12.5. The van der Waals surface area contributed by atoms with Gasteiger partial charge in [0.1, 0.15) is 0 Å². The fraction of sp³-hybridized carbons (Fsp3) is 0.381. The molecule has 24 heavy (non-hydrogen) atoms. The third-order valence-electron chi connectivity index (χ3n) is 4.12. The summed E-state index contributed by atoms with van der Waals surface area (Å²) in [6, 6.07) is 15.9. The summed E-state index contributed by atoms with van der Waals surface area (Å²) in [5.41, 5.74) is 4.17. The molecule has 1 unspecified atom stereocenters. The third kappa shape index (κ3) is 4.68. The molecule has 2 rings (SSSR count). The van der Waals surface area contributed by atoms with Crippen molar-refractivity contribution in [1.29, 1.82) is 0 Å². The molecular formula is C21H27NO2. The number of ether oxygens (including phenoxy) is 1. The van der Waals surface area contributed by atoms with Crippen LogP contribution in [0.5, 0.6) is 0 Å². The van der Waals surface area contributed by atoms with Crippen molar-refractivity contribution in [3.63, 3.8) is 0 Å². The number of rotatable bonds is 5. The number of hydrogen-bond acceptors (Lipinski definition) is 2. The summed E-state index contributed by atoms with van der Waals surface area (Å²) in [7, 11) is 1.65. The molecule has 3 heteroatoms. The van der Waals surface area contributed by atoms with Crippen LogP contribution in [0.3, 0.4) is 0 Å². The van der Waals surface area contributed by atoms with Crippen molar-refractivity contribution in [3.05, 3.63) is 70.8 Å². The van der Waals surface area contributed by atoms with E-state index in [1.165, 1.54) is 5.56 Å². The minimum absolute atomic E-state index is 0.0439. The molecule has 0 heterocycles. The maximum atomic E-state index is 12.5. The van der Waals surface area contributed by atoms with Crippen LogP contribution in [0, 0.1) is 0 Å². The second-order valence-electron chi connectivity index (χ2n) is 7.20. The standard InChI is InChI=1S/C21H27NO2/c1-15(17-9-11-19(12-10-17)21(2,3)4)22-20(23)18-8-6-7-16(13-18)14-24-5/h6-13,15H,14H2,1-5H3,(H,22,23). The smallest absolute Gasteiger partial charge is 0.251 e. The van der Waals surface area contributed by atoms with Crippen molar-refractivity contribution >= 4 is 5.91 Å². The molecule has 0 radical (unpaired) electrons. The number of nitrogens with one attached hydrogen (secondary N) is 1. The highest BCUT2D eigenvalue weighted by molar-refractivity contribution is 5.94. The Morgan fingerprint density at radius 1 is 1.12 bits per heavy atom. The Morgan fingerprint density at radius 2 is 1.79 bits per heavy atom. The molecule has 128 valence electrons. The van der Waals surface area contributed by atoms with E-state index >= 15 is 0 Å². The average Bonchev–Trinajstić information content (AvgIpc) is 2.54. The van der Waals surface area contributed by atoms with Crippen molar-refractivity contribution < 1.29 is 9.53 Å². The van der Waals surface area contributed by atoms with Gasteiger partial charge in [-0.1, -0.05) is 57.2 Å². The Labute approximate surface area is 145 Å². The molecular weight excluding hydrogens is 298 g/mol. The fourth-order valence-electron chi connectivity index (χ4n) is 2.60. The van der Waals surface area contributed by atoms with Crippen LogP contribution in [-0.4, -0.2) is 13.0 Å². The van der Waals surface area contributed by atoms with Gasteiger partial charge in [-0.3, -0.25) is 4.79 Å². The lowest BCUT2D eigenvalue weighted by molar-refractivity contribution is 0.0939. The predicted octanol–water partition coefficient (Wildman–Crippen LogP) is 4.62. The summed E-state index contributed by atoms with van der Waals surface area (Å²) in [5, 5.41) is 3.06. The molecule has 0 saturated carbocycles. The van der Waals surface area contributed by atoms with Gasteiger partial charge in [0.2, 0.25) is 0 Å². The van der Waals surface area contributed by atoms with E-state index in [4.69, 9.17) is 4.74 Å². The number of hydrogen-bond donors (Lipinski definition) is 1. The van der Waals surface area contributed by atoms with Crippen LogP contribution in [0.1, 0.15) is 60.8 Å². The number of carbonyl (C=O) groups is 1. The molecule has 0 fully saturated rings. The zero-order chi connectivity index (χ0) is 17.7. The molecule has 0 saturated heterocycles. The molecule has 2 aromatic rings. The molecule has 3 nitrogen and oxygen atoms in total. The predicted molar refractivity (Wildman–Crippen MR) is 98.2 cm³/mol. The molecule has 0 aliphatic carbocycles. The Kier molecular flexibility index (Phi) is 5.79. The van der Waals surface area contributed by atoms with E-state index in [2.05, 4.69) is 50.4 Å². The Bertz CT molecular complexity index is 684. The van der Waals surface area contributed by atoms with E-state index in [0.717, 1.165) is 11.1 Å². The lowest BCUT2D eigenvalue weighted by atomic mass is 9.86. The SMILES string of the molecule is COCc1cccc(C(=O)NC(C)c2ccc(C(C)(C)C)cc2)c1. The first-order chi connectivity index (χ1) is 11.3. The van der Waals surface area contributed by atoms with Gasteiger partial charge in [-0.25, -0.2) is 0 Å². The van der Waals surface area contributed by atoms with E-state index in [9.17, 15) is 4.79 Å². The molecule has 0 bridgehead atoms. The first kappa shape index (κ1) is 18.2. The fourth-order valence-corrected chi connectivity index (χ4v) is 2.60. The summed E-state index contributed by atoms with van der Waals surface area (Å²) >= 11 is 0. The van der Waals surface area contributed by atoms with Crippen molar-refractivity contribution in [2.75, 3.05) is 7.11 Å². The second kappa shape index (κ2) is 7.63. The van der Waals surface area contributed by atoms with Crippen molar-refractivity contribution in [2.24, 2.45) is 0 Å². The van der Waals surface area contributed by atoms with Gasteiger partial charge in [-0.05, 0) is 41.2 Å². The number of benzene rings is 2. The Hall–Kier alpha value is -2.13. The maximum Gasteiger partial charge on any atom is 0.251 e. The Balaban J connectivity index is 2.07. The van der Waals surface area contributed by atoms with Crippen LogP contribution in [-0.2, 0) is 16.8 Å². The van der Waals surface area contributed by atoms with Crippen molar-refractivity contribution in [1.82, 2.24) is 5.32 Å². The Morgan fingerprint density at radius 3 is 2.38 bits per heavy atom. The largest absolute Gasteiger partial charge is 0.380 e. The summed E-state index contributed by atoms with van der Waals surface area (Å²) in [5.74, 6) is -0.0691. The van der Waals surface area contributed by atoms with Gasteiger partial charge in [0.15, 0.2) is 0 Å². The minimum Gasteiger partial charge on any atom is -0.380 e. The van der Waals surface area contributed by atoms with Gasteiger partial charge in [-0.15, -0.1) is 0 Å². The first-order valence-electron chi connectivity index (χ1n) is 8.30.